The zero-order valence-corrected chi connectivity index (χ0v) is 18.7. The number of aryl methyl sites for hydroxylation is 2. The van der Waals surface area contributed by atoms with Gasteiger partial charge < -0.3 is 4.74 Å². The number of benzene rings is 1. The van der Waals surface area contributed by atoms with E-state index in [9.17, 15) is 0 Å². The summed E-state index contributed by atoms with van der Waals surface area (Å²) in [6.07, 6.45) is 6.64. The fraction of sp³-hybridized carbons (Fsp3) is 0.360. The van der Waals surface area contributed by atoms with Crippen molar-refractivity contribution >= 4 is 13.3 Å². The molecule has 29 heavy (non-hydrogen) atoms. The van der Waals surface area contributed by atoms with Crippen molar-refractivity contribution in [2.45, 2.75) is 50.7 Å². The van der Waals surface area contributed by atoms with Crippen LogP contribution in [-0.2, 0) is 18.3 Å². The summed E-state index contributed by atoms with van der Waals surface area (Å²) in [5, 5.41) is 1.46. The Labute approximate surface area is 174 Å². The zero-order chi connectivity index (χ0) is 20.2. The molecule has 0 unspecified atom stereocenters. The van der Waals surface area contributed by atoms with Crippen LogP contribution < -0.4 is 9.92 Å². The second kappa shape index (κ2) is 6.53. The van der Waals surface area contributed by atoms with Crippen LogP contribution in [0.2, 0.25) is 19.6 Å². The topological polar surface area (TPSA) is 35.0 Å². The molecule has 3 aromatic rings. The van der Waals surface area contributed by atoms with Gasteiger partial charge in [0.2, 0.25) is 0 Å². The summed E-state index contributed by atoms with van der Waals surface area (Å²) < 4.78 is 5.30. The van der Waals surface area contributed by atoms with E-state index in [0.29, 0.717) is 0 Å². The minimum absolute atomic E-state index is 0.00508. The molecule has 3 nitrogen and oxygen atoms in total. The average Bonchev–Trinajstić information content (AvgIpc) is 3.29. The van der Waals surface area contributed by atoms with Gasteiger partial charge in [0, 0.05) is 11.8 Å². The van der Waals surface area contributed by atoms with Crippen LogP contribution in [0.15, 0.2) is 48.7 Å². The molecule has 0 amide bonds. The normalized spacial score (nSPS) is 20.0. The summed E-state index contributed by atoms with van der Waals surface area (Å²) in [5.74, 6) is 0.874. The molecule has 0 saturated heterocycles. The lowest BCUT2D eigenvalue weighted by Gasteiger charge is -2.25. The molecule has 1 aromatic carbocycles. The van der Waals surface area contributed by atoms with E-state index in [1.54, 1.807) is 7.11 Å². The first kappa shape index (κ1) is 18.6. The van der Waals surface area contributed by atoms with E-state index in [4.69, 9.17) is 14.7 Å². The number of hydrogen-bond acceptors (Lipinski definition) is 3. The van der Waals surface area contributed by atoms with Gasteiger partial charge >= 0.3 is 0 Å². The minimum Gasteiger partial charge on any atom is -0.497 e. The minimum atomic E-state index is -1.35. The maximum atomic E-state index is 5.30. The molecule has 1 atom stereocenters. The van der Waals surface area contributed by atoms with E-state index in [-0.39, 0.29) is 5.41 Å². The molecular formula is C25H28N2OSi. The summed E-state index contributed by atoms with van der Waals surface area (Å²) in [5.41, 5.74) is 7.58. The Bertz CT molecular complexity index is 1080. The Kier molecular flexibility index (Phi) is 4.18. The number of methoxy groups -OCH3 is 1. The van der Waals surface area contributed by atoms with Crippen molar-refractivity contribution < 1.29 is 4.74 Å². The summed E-state index contributed by atoms with van der Waals surface area (Å²) in [7, 11) is 0.351. The van der Waals surface area contributed by atoms with E-state index in [0.717, 1.165) is 42.7 Å². The van der Waals surface area contributed by atoms with Gasteiger partial charge in [-0.1, -0.05) is 31.8 Å². The SMILES string of the molecule is COc1ccc(-c2ccc3c(n2)[C@]2(CCc4cc([Si](C)(C)C)cnc42)CC3)cc1. The molecule has 2 aliphatic rings. The first-order valence-corrected chi connectivity index (χ1v) is 14.1. The van der Waals surface area contributed by atoms with Gasteiger partial charge in [0.25, 0.3) is 0 Å². The van der Waals surface area contributed by atoms with Gasteiger partial charge in [0.1, 0.15) is 5.75 Å². The standard InChI is InChI=1S/C25H28N2OSi/c1-28-20-8-5-17(6-9-20)22-10-7-18-11-13-25(24(18)27-22)14-12-19-15-21(29(2,3)4)16-26-23(19)25/h5-10,15-16H,11-14H2,1-4H3/t25-/m0/s1. The highest BCUT2D eigenvalue weighted by molar-refractivity contribution is 6.88. The molecule has 4 heteroatoms. The lowest BCUT2D eigenvalue weighted by Crippen LogP contribution is -2.38. The Morgan fingerprint density at radius 1 is 0.897 bits per heavy atom. The number of rotatable bonds is 3. The molecule has 1 spiro atoms. The van der Waals surface area contributed by atoms with Gasteiger partial charge in [-0.25, -0.2) is 0 Å². The van der Waals surface area contributed by atoms with Crippen molar-refractivity contribution in [3.63, 3.8) is 0 Å². The quantitative estimate of drug-likeness (QED) is 0.588. The monoisotopic (exact) mass is 400 g/mol. The van der Waals surface area contributed by atoms with E-state index in [1.165, 1.54) is 27.7 Å². The third-order valence-electron chi connectivity index (χ3n) is 6.75. The Hall–Kier alpha value is -2.46. The van der Waals surface area contributed by atoms with Crippen LogP contribution in [0, 0.1) is 0 Å². The highest BCUT2D eigenvalue weighted by Crippen LogP contribution is 2.50. The predicted molar refractivity (Wildman–Crippen MR) is 121 cm³/mol. The molecule has 0 saturated carbocycles. The molecule has 0 N–H and O–H groups in total. The average molecular weight is 401 g/mol. The van der Waals surface area contributed by atoms with Crippen molar-refractivity contribution in [1.82, 2.24) is 9.97 Å². The number of fused-ring (bicyclic) bond motifs is 4. The summed E-state index contributed by atoms with van der Waals surface area (Å²) in [6.45, 7) is 7.19. The fourth-order valence-corrected chi connectivity index (χ4v) is 6.03. The van der Waals surface area contributed by atoms with Gasteiger partial charge in [0.15, 0.2) is 0 Å². The number of ether oxygens (including phenoxy) is 1. The van der Waals surface area contributed by atoms with Crippen LogP contribution in [0.3, 0.4) is 0 Å². The number of nitrogens with zero attached hydrogens (tertiary/aromatic N) is 2. The molecule has 5 rings (SSSR count). The largest absolute Gasteiger partial charge is 0.497 e. The molecule has 2 aromatic heterocycles. The number of pyridine rings is 2. The molecule has 0 fully saturated rings. The van der Waals surface area contributed by atoms with Crippen molar-refractivity contribution in [3.05, 3.63) is 71.2 Å². The van der Waals surface area contributed by atoms with Crippen LogP contribution >= 0.6 is 0 Å². The second-order valence-corrected chi connectivity index (χ2v) is 14.6. The number of hydrogen-bond donors (Lipinski definition) is 0. The van der Waals surface area contributed by atoms with Crippen molar-refractivity contribution in [2.24, 2.45) is 0 Å². The highest BCUT2D eigenvalue weighted by atomic mass is 28.3. The van der Waals surface area contributed by atoms with E-state index >= 15 is 0 Å². The summed E-state index contributed by atoms with van der Waals surface area (Å²) in [6, 6.07) is 15.1. The van der Waals surface area contributed by atoms with Gasteiger partial charge in [-0.2, -0.15) is 0 Å². The first-order chi connectivity index (χ1) is 13.9. The third kappa shape index (κ3) is 2.93. The van der Waals surface area contributed by atoms with Crippen LogP contribution in [-0.4, -0.2) is 25.2 Å². The summed E-state index contributed by atoms with van der Waals surface area (Å²) >= 11 is 0. The number of aromatic nitrogens is 2. The van der Waals surface area contributed by atoms with Gasteiger partial charge in [0.05, 0.1) is 37.7 Å². The maximum absolute atomic E-state index is 5.30. The fourth-order valence-electron chi connectivity index (χ4n) is 4.98. The lowest BCUT2D eigenvalue weighted by molar-refractivity contribution is 0.415. The molecule has 0 bridgehead atoms. The molecular weight excluding hydrogens is 372 g/mol. The second-order valence-electron chi connectivity index (χ2n) is 9.50. The van der Waals surface area contributed by atoms with Crippen LogP contribution in [0.1, 0.15) is 35.4 Å². The molecule has 2 aliphatic carbocycles. The third-order valence-corrected chi connectivity index (χ3v) is 8.75. The van der Waals surface area contributed by atoms with Gasteiger partial charge in [-0.15, -0.1) is 0 Å². The molecule has 148 valence electrons. The smallest absolute Gasteiger partial charge is 0.118 e. The van der Waals surface area contributed by atoms with E-state index < -0.39 is 8.07 Å². The molecule has 2 heterocycles. The van der Waals surface area contributed by atoms with E-state index in [1.807, 2.05) is 12.1 Å². The maximum Gasteiger partial charge on any atom is 0.118 e. The predicted octanol–water partition coefficient (Wildman–Crippen LogP) is 4.88. The Morgan fingerprint density at radius 2 is 1.62 bits per heavy atom. The first-order valence-electron chi connectivity index (χ1n) is 10.6. The van der Waals surface area contributed by atoms with Crippen molar-refractivity contribution in [1.29, 1.82) is 0 Å². The summed E-state index contributed by atoms with van der Waals surface area (Å²) in [4.78, 5) is 10.3. The van der Waals surface area contributed by atoms with E-state index in [2.05, 4.69) is 56.2 Å². The molecule has 0 radical (unpaired) electrons. The van der Waals surface area contributed by atoms with Gasteiger partial charge in [-0.05, 0) is 72.3 Å². The van der Waals surface area contributed by atoms with Crippen molar-refractivity contribution in [2.75, 3.05) is 7.11 Å². The van der Waals surface area contributed by atoms with Crippen LogP contribution in [0.5, 0.6) is 5.75 Å². The van der Waals surface area contributed by atoms with Crippen LogP contribution in [0.25, 0.3) is 11.3 Å². The van der Waals surface area contributed by atoms with Crippen LogP contribution in [0.4, 0.5) is 0 Å². The van der Waals surface area contributed by atoms with Crippen molar-refractivity contribution in [3.8, 4) is 17.0 Å². The Morgan fingerprint density at radius 3 is 2.31 bits per heavy atom. The molecule has 0 aliphatic heterocycles. The lowest BCUT2D eigenvalue weighted by atomic mass is 9.82. The Balaban J connectivity index is 1.58. The zero-order valence-electron chi connectivity index (χ0n) is 17.7. The highest BCUT2D eigenvalue weighted by Gasteiger charge is 2.47. The van der Waals surface area contributed by atoms with Gasteiger partial charge in [-0.3, -0.25) is 9.97 Å².